The number of hydrogen-bond acceptors (Lipinski definition) is 3. The number of imidazole rings is 1. The van der Waals surface area contributed by atoms with Crippen LogP contribution in [0.1, 0.15) is 6.42 Å². The fourth-order valence-electron chi connectivity index (χ4n) is 1.37. The molecule has 1 aromatic carbocycles. The number of aromatic amines is 1. The van der Waals surface area contributed by atoms with E-state index in [-0.39, 0.29) is 5.91 Å². The molecule has 0 spiro atoms. The number of amides is 1. The number of fused-ring (bicyclic) bond motifs is 1. The number of nitrogens with two attached hydrogens (primary N) is 1. The fourth-order valence-corrected chi connectivity index (χ4v) is 1.37. The lowest BCUT2D eigenvalue weighted by Crippen LogP contribution is -2.16. The average molecular weight is 204 g/mol. The number of H-pyrrole nitrogens is 1. The number of nitrogens with zero attached hydrogens (tertiary/aromatic N) is 1. The van der Waals surface area contributed by atoms with E-state index in [1.165, 1.54) is 0 Å². The molecule has 1 heterocycles. The van der Waals surface area contributed by atoms with Crippen molar-refractivity contribution >= 4 is 22.6 Å². The van der Waals surface area contributed by atoms with Gasteiger partial charge in [-0.25, -0.2) is 4.98 Å². The molecule has 0 aliphatic carbocycles. The summed E-state index contributed by atoms with van der Waals surface area (Å²) in [5.41, 5.74) is 7.82. The van der Waals surface area contributed by atoms with E-state index in [1.807, 2.05) is 18.2 Å². The summed E-state index contributed by atoms with van der Waals surface area (Å²) in [5.74, 6) is -0.0728. The van der Waals surface area contributed by atoms with Crippen LogP contribution in [-0.2, 0) is 4.79 Å². The molecule has 1 amide bonds. The molecule has 5 heteroatoms. The molecular formula is C10H12N4O. The quantitative estimate of drug-likeness (QED) is 0.693. The summed E-state index contributed by atoms with van der Waals surface area (Å²) in [6.45, 7) is 0.359. The summed E-state index contributed by atoms with van der Waals surface area (Å²) >= 11 is 0. The van der Waals surface area contributed by atoms with Gasteiger partial charge in [-0.1, -0.05) is 0 Å². The highest BCUT2D eigenvalue weighted by molar-refractivity contribution is 5.93. The van der Waals surface area contributed by atoms with E-state index in [2.05, 4.69) is 15.3 Å². The Labute approximate surface area is 86.7 Å². The van der Waals surface area contributed by atoms with Crippen LogP contribution in [0, 0.1) is 0 Å². The van der Waals surface area contributed by atoms with E-state index >= 15 is 0 Å². The van der Waals surface area contributed by atoms with Crippen molar-refractivity contribution in [3.8, 4) is 0 Å². The number of carbonyl (C=O) groups is 1. The first-order valence-corrected chi connectivity index (χ1v) is 4.72. The van der Waals surface area contributed by atoms with Crippen LogP contribution in [-0.4, -0.2) is 22.4 Å². The Kier molecular flexibility index (Phi) is 2.64. The summed E-state index contributed by atoms with van der Waals surface area (Å²) in [4.78, 5) is 18.3. The largest absolute Gasteiger partial charge is 0.345 e. The number of benzene rings is 1. The third kappa shape index (κ3) is 2.13. The number of hydrogen-bond donors (Lipinski definition) is 3. The first-order chi connectivity index (χ1) is 7.29. The molecular weight excluding hydrogens is 192 g/mol. The second-order valence-corrected chi connectivity index (χ2v) is 3.22. The Hall–Kier alpha value is -1.88. The molecule has 2 rings (SSSR count). The molecule has 0 unspecified atom stereocenters. The molecule has 15 heavy (non-hydrogen) atoms. The zero-order valence-electron chi connectivity index (χ0n) is 8.16. The third-order valence-electron chi connectivity index (χ3n) is 2.08. The van der Waals surface area contributed by atoms with Crippen molar-refractivity contribution in [3.05, 3.63) is 24.5 Å². The van der Waals surface area contributed by atoms with Gasteiger partial charge in [0.05, 0.1) is 17.4 Å². The molecule has 4 N–H and O–H groups in total. The SMILES string of the molecule is NCCC(=O)Nc1ccc2nc[nH]c2c1. The molecule has 0 fully saturated rings. The standard InChI is InChI=1S/C10H12N4O/c11-4-3-10(15)14-7-1-2-8-9(5-7)13-6-12-8/h1-2,5-6H,3-4,11H2,(H,12,13)(H,14,15). The minimum Gasteiger partial charge on any atom is -0.345 e. The molecule has 0 radical (unpaired) electrons. The normalized spacial score (nSPS) is 10.5. The van der Waals surface area contributed by atoms with Crippen LogP contribution in [0.4, 0.5) is 5.69 Å². The molecule has 0 aliphatic heterocycles. The van der Waals surface area contributed by atoms with Crippen LogP contribution in [0.3, 0.4) is 0 Å². The molecule has 0 atom stereocenters. The molecule has 0 bridgehead atoms. The zero-order chi connectivity index (χ0) is 10.7. The molecule has 78 valence electrons. The minimum atomic E-state index is -0.0728. The van der Waals surface area contributed by atoms with Gasteiger partial charge in [-0.2, -0.15) is 0 Å². The van der Waals surface area contributed by atoms with Gasteiger partial charge in [0.2, 0.25) is 5.91 Å². The van der Waals surface area contributed by atoms with Gasteiger partial charge < -0.3 is 16.0 Å². The molecule has 1 aromatic heterocycles. The van der Waals surface area contributed by atoms with E-state index in [9.17, 15) is 4.79 Å². The van der Waals surface area contributed by atoms with E-state index < -0.39 is 0 Å². The minimum absolute atomic E-state index is 0.0728. The van der Waals surface area contributed by atoms with Gasteiger partial charge in [0.25, 0.3) is 0 Å². The van der Waals surface area contributed by atoms with Gasteiger partial charge in [-0.3, -0.25) is 4.79 Å². The second kappa shape index (κ2) is 4.10. The van der Waals surface area contributed by atoms with E-state index in [0.29, 0.717) is 13.0 Å². The molecule has 2 aromatic rings. The summed E-state index contributed by atoms with van der Waals surface area (Å²) in [6.07, 6.45) is 1.96. The van der Waals surface area contributed by atoms with Crippen molar-refractivity contribution in [2.45, 2.75) is 6.42 Å². The highest BCUT2D eigenvalue weighted by Gasteiger charge is 2.02. The average Bonchev–Trinajstić information content (AvgIpc) is 2.65. The third-order valence-corrected chi connectivity index (χ3v) is 2.08. The van der Waals surface area contributed by atoms with Gasteiger partial charge in [0, 0.05) is 18.7 Å². The monoisotopic (exact) mass is 204 g/mol. The van der Waals surface area contributed by atoms with Crippen molar-refractivity contribution in [2.24, 2.45) is 5.73 Å². The van der Waals surface area contributed by atoms with Crippen LogP contribution in [0.15, 0.2) is 24.5 Å². The lowest BCUT2D eigenvalue weighted by molar-refractivity contribution is -0.116. The van der Waals surface area contributed by atoms with Crippen LogP contribution in [0.25, 0.3) is 11.0 Å². The first-order valence-electron chi connectivity index (χ1n) is 4.72. The van der Waals surface area contributed by atoms with Crippen molar-refractivity contribution in [3.63, 3.8) is 0 Å². The van der Waals surface area contributed by atoms with Gasteiger partial charge >= 0.3 is 0 Å². The van der Waals surface area contributed by atoms with E-state index in [0.717, 1.165) is 16.7 Å². The van der Waals surface area contributed by atoms with Crippen molar-refractivity contribution in [2.75, 3.05) is 11.9 Å². The van der Waals surface area contributed by atoms with Gasteiger partial charge in [0.1, 0.15) is 0 Å². The lowest BCUT2D eigenvalue weighted by atomic mass is 10.2. The summed E-state index contributed by atoms with van der Waals surface area (Å²) in [7, 11) is 0. The number of aromatic nitrogens is 2. The van der Waals surface area contributed by atoms with Crippen LogP contribution >= 0.6 is 0 Å². The van der Waals surface area contributed by atoms with Gasteiger partial charge in [0.15, 0.2) is 0 Å². The summed E-state index contributed by atoms with van der Waals surface area (Å²) in [6, 6.07) is 5.51. The Bertz CT molecular complexity index is 477. The smallest absolute Gasteiger partial charge is 0.225 e. The predicted molar refractivity (Wildman–Crippen MR) is 58.4 cm³/mol. The summed E-state index contributed by atoms with van der Waals surface area (Å²) in [5, 5.41) is 2.76. The topological polar surface area (TPSA) is 83.8 Å². The van der Waals surface area contributed by atoms with Crippen molar-refractivity contribution in [1.82, 2.24) is 9.97 Å². The Balaban J connectivity index is 2.17. The Morgan fingerprint density at radius 2 is 2.40 bits per heavy atom. The maximum atomic E-state index is 11.3. The first kappa shape index (κ1) is 9.67. The molecule has 5 nitrogen and oxygen atoms in total. The second-order valence-electron chi connectivity index (χ2n) is 3.22. The Morgan fingerprint density at radius 3 is 3.20 bits per heavy atom. The maximum absolute atomic E-state index is 11.3. The number of rotatable bonds is 3. The van der Waals surface area contributed by atoms with Crippen molar-refractivity contribution in [1.29, 1.82) is 0 Å². The fraction of sp³-hybridized carbons (Fsp3) is 0.200. The van der Waals surface area contributed by atoms with E-state index in [4.69, 9.17) is 5.73 Å². The van der Waals surface area contributed by atoms with Gasteiger partial charge in [-0.15, -0.1) is 0 Å². The highest BCUT2D eigenvalue weighted by Crippen LogP contribution is 2.15. The van der Waals surface area contributed by atoms with Crippen molar-refractivity contribution < 1.29 is 4.79 Å². The molecule has 0 aliphatic rings. The Morgan fingerprint density at radius 1 is 1.53 bits per heavy atom. The summed E-state index contributed by atoms with van der Waals surface area (Å²) < 4.78 is 0. The number of carbonyl (C=O) groups excluding carboxylic acids is 1. The zero-order valence-corrected chi connectivity index (χ0v) is 8.16. The van der Waals surface area contributed by atoms with Gasteiger partial charge in [-0.05, 0) is 18.2 Å². The van der Waals surface area contributed by atoms with Crippen LogP contribution in [0.5, 0.6) is 0 Å². The predicted octanol–water partition coefficient (Wildman–Crippen LogP) is 0.850. The van der Waals surface area contributed by atoms with E-state index in [1.54, 1.807) is 6.33 Å². The number of anilines is 1. The number of nitrogens with one attached hydrogen (secondary N) is 2. The maximum Gasteiger partial charge on any atom is 0.225 e. The lowest BCUT2D eigenvalue weighted by Gasteiger charge is -2.03. The molecule has 0 saturated heterocycles. The highest BCUT2D eigenvalue weighted by atomic mass is 16.1. The van der Waals surface area contributed by atoms with Crippen LogP contribution in [0.2, 0.25) is 0 Å². The molecule has 0 saturated carbocycles. The van der Waals surface area contributed by atoms with Crippen LogP contribution < -0.4 is 11.1 Å².